The van der Waals surface area contributed by atoms with Gasteiger partial charge in [-0.15, -0.1) is 0 Å². The Morgan fingerprint density at radius 3 is 2.89 bits per heavy atom. The minimum absolute atomic E-state index is 0.0826. The summed E-state index contributed by atoms with van der Waals surface area (Å²) in [5.74, 6) is 0.0826. The Morgan fingerprint density at radius 2 is 2.21 bits per heavy atom. The molecule has 0 saturated carbocycles. The Bertz CT molecular complexity index is 452. The fourth-order valence-corrected chi connectivity index (χ4v) is 2.63. The molecule has 1 amide bonds. The van der Waals surface area contributed by atoms with E-state index >= 15 is 0 Å². The predicted molar refractivity (Wildman–Crippen MR) is 77.7 cm³/mol. The first-order valence-electron chi connectivity index (χ1n) is 7.19. The molecular formula is C16H24N2O. The van der Waals surface area contributed by atoms with Gasteiger partial charge >= 0.3 is 0 Å². The van der Waals surface area contributed by atoms with Crippen LogP contribution in [0.1, 0.15) is 50.3 Å². The molecule has 2 atom stereocenters. The SMILES string of the molecule is CCC(C)(CN)C(=O)NC1CCCc2ccccc21. The van der Waals surface area contributed by atoms with E-state index in [1.54, 1.807) is 0 Å². The van der Waals surface area contributed by atoms with E-state index in [0.717, 1.165) is 25.7 Å². The topological polar surface area (TPSA) is 55.1 Å². The highest BCUT2D eigenvalue weighted by Crippen LogP contribution is 2.31. The maximum absolute atomic E-state index is 12.4. The van der Waals surface area contributed by atoms with Gasteiger partial charge in [0, 0.05) is 6.54 Å². The number of rotatable bonds is 4. The molecule has 1 aliphatic carbocycles. The summed E-state index contributed by atoms with van der Waals surface area (Å²) in [5, 5.41) is 3.20. The highest BCUT2D eigenvalue weighted by molar-refractivity contribution is 5.83. The van der Waals surface area contributed by atoms with Crippen LogP contribution < -0.4 is 11.1 Å². The van der Waals surface area contributed by atoms with E-state index in [0.29, 0.717) is 6.54 Å². The lowest BCUT2D eigenvalue weighted by Gasteiger charge is -2.31. The first kappa shape index (κ1) is 14.1. The molecule has 2 unspecified atom stereocenters. The average molecular weight is 260 g/mol. The van der Waals surface area contributed by atoms with Gasteiger partial charge in [-0.3, -0.25) is 4.79 Å². The van der Waals surface area contributed by atoms with Gasteiger partial charge in [-0.2, -0.15) is 0 Å². The van der Waals surface area contributed by atoms with Gasteiger partial charge in [0.15, 0.2) is 0 Å². The molecule has 1 aliphatic rings. The van der Waals surface area contributed by atoms with Crippen LogP contribution in [0.4, 0.5) is 0 Å². The first-order chi connectivity index (χ1) is 9.10. The molecule has 1 aromatic rings. The Kier molecular flexibility index (Phi) is 4.25. The van der Waals surface area contributed by atoms with Crippen molar-refractivity contribution in [2.45, 2.75) is 45.6 Å². The molecule has 19 heavy (non-hydrogen) atoms. The number of nitrogens with two attached hydrogens (primary N) is 1. The summed E-state index contributed by atoms with van der Waals surface area (Å²) in [7, 11) is 0. The Balaban J connectivity index is 2.15. The van der Waals surface area contributed by atoms with Crippen LogP contribution >= 0.6 is 0 Å². The van der Waals surface area contributed by atoms with E-state index in [9.17, 15) is 4.79 Å². The largest absolute Gasteiger partial charge is 0.349 e. The lowest BCUT2D eigenvalue weighted by molar-refractivity contribution is -0.130. The van der Waals surface area contributed by atoms with Crippen LogP contribution in [0.15, 0.2) is 24.3 Å². The molecule has 3 nitrogen and oxygen atoms in total. The summed E-state index contributed by atoms with van der Waals surface area (Å²) in [6.07, 6.45) is 4.04. The van der Waals surface area contributed by atoms with E-state index in [4.69, 9.17) is 5.73 Å². The molecule has 0 radical (unpaired) electrons. The molecule has 0 saturated heterocycles. The summed E-state index contributed by atoms with van der Waals surface area (Å²) >= 11 is 0. The van der Waals surface area contributed by atoms with Gasteiger partial charge in [-0.05, 0) is 43.7 Å². The molecule has 0 aliphatic heterocycles. The molecule has 0 bridgehead atoms. The summed E-state index contributed by atoms with van der Waals surface area (Å²) in [6.45, 7) is 4.35. The summed E-state index contributed by atoms with van der Waals surface area (Å²) in [5.41, 5.74) is 7.95. The van der Waals surface area contributed by atoms with E-state index in [1.165, 1.54) is 11.1 Å². The zero-order chi connectivity index (χ0) is 13.9. The van der Waals surface area contributed by atoms with E-state index in [-0.39, 0.29) is 11.9 Å². The van der Waals surface area contributed by atoms with Crippen LogP contribution in [0.5, 0.6) is 0 Å². The molecule has 104 valence electrons. The third-order valence-corrected chi connectivity index (χ3v) is 4.45. The fraction of sp³-hybridized carbons (Fsp3) is 0.562. The molecule has 0 aromatic heterocycles. The first-order valence-corrected chi connectivity index (χ1v) is 7.19. The Hall–Kier alpha value is -1.35. The quantitative estimate of drug-likeness (QED) is 0.874. The fourth-order valence-electron chi connectivity index (χ4n) is 2.63. The van der Waals surface area contributed by atoms with Crippen molar-refractivity contribution in [1.29, 1.82) is 0 Å². The lowest BCUT2D eigenvalue weighted by Crippen LogP contribution is -2.45. The number of fused-ring (bicyclic) bond motifs is 1. The smallest absolute Gasteiger partial charge is 0.227 e. The Labute approximate surface area is 115 Å². The minimum atomic E-state index is -0.452. The van der Waals surface area contributed by atoms with Crippen LogP contribution in [0.2, 0.25) is 0 Å². The molecule has 3 N–H and O–H groups in total. The third kappa shape index (κ3) is 2.81. The second-order valence-electron chi connectivity index (χ2n) is 5.74. The highest BCUT2D eigenvalue weighted by atomic mass is 16.2. The molecule has 2 rings (SSSR count). The summed E-state index contributed by atoms with van der Waals surface area (Å²) in [4.78, 5) is 12.4. The van der Waals surface area contributed by atoms with E-state index in [2.05, 4.69) is 23.5 Å². The summed E-state index contributed by atoms with van der Waals surface area (Å²) in [6, 6.07) is 8.56. The zero-order valence-electron chi connectivity index (χ0n) is 11.9. The van der Waals surface area contributed by atoms with Crippen molar-refractivity contribution in [2.24, 2.45) is 11.1 Å². The number of amides is 1. The number of benzene rings is 1. The maximum Gasteiger partial charge on any atom is 0.227 e. The van der Waals surface area contributed by atoms with Crippen molar-refractivity contribution in [3.8, 4) is 0 Å². The van der Waals surface area contributed by atoms with E-state index < -0.39 is 5.41 Å². The van der Waals surface area contributed by atoms with Crippen molar-refractivity contribution in [3.05, 3.63) is 35.4 Å². The zero-order valence-corrected chi connectivity index (χ0v) is 11.9. The van der Waals surface area contributed by atoms with E-state index in [1.807, 2.05) is 19.9 Å². The van der Waals surface area contributed by atoms with Gasteiger partial charge in [-0.1, -0.05) is 31.2 Å². The maximum atomic E-state index is 12.4. The highest BCUT2D eigenvalue weighted by Gasteiger charge is 2.32. The van der Waals surface area contributed by atoms with Crippen molar-refractivity contribution < 1.29 is 4.79 Å². The molecule has 1 aromatic carbocycles. The Morgan fingerprint density at radius 1 is 1.47 bits per heavy atom. The molecule has 3 heteroatoms. The van der Waals surface area contributed by atoms with Gasteiger partial charge in [0.1, 0.15) is 0 Å². The normalized spacial score (nSPS) is 21.3. The van der Waals surface area contributed by atoms with Gasteiger partial charge in [-0.25, -0.2) is 0 Å². The number of aryl methyl sites for hydroxylation is 1. The lowest BCUT2D eigenvalue weighted by atomic mass is 9.84. The molecule has 0 heterocycles. The van der Waals surface area contributed by atoms with Gasteiger partial charge in [0.05, 0.1) is 11.5 Å². The molecule has 0 spiro atoms. The molecular weight excluding hydrogens is 236 g/mol. The van der Waals surface area contributed by atoms with Crippen molar-refractivity contribution in [2.75, 3.05) is 6.54 Å². The molecule has 0 fully saturated rings. The van der Waals surface area contributed by atoms with Gasteiger partial charge in [0.25, 0.3) is 0 Å². The van der Waals surface area contributed by atoms with Crippen molar-refractivity contribution in [1.82, 2.24) is 5.32 Å². The van der Waals surface area contributed by atoms with Crippen LogP contribution in [0, 0.1) is 5.41 Å². The third-order valence-electron chi connectivity index (χ3n) is 4.45. The second kappa shape index (κ2) is 5.74. The number of nitrogens with one attached hydrogen (secondary N) is 1. The predicted octanol–water partition coefficient (Wildman–Crippen LogP) is 2.56. The van der Waals surface area contributed by atoms with Crippen molar-refractivity contribution >= 4 is 5.91 Å². The average Bonchev–Trinajstić information content (AvgIpc) is 2.46. The number of hydrogen-bond donors (Lipinski definition) is 2. The number of carbonyl (C=O) groups is 1. The monoisotopic (exact) mass is 260 g/mol. The van der Waals surface area contributed by atoms with Crippen LogP contribution in [-0.2, 0) is 11.2 Å². The van der Waals surface area contributed by atoms with Crippen LogP contribution in [-0.4, -0.2) is 12.5 Å². The van der Waals surface area contributed by atoms with Crippen LogP contribution in [0.25, 0.3) is 0 Å². The summed E-state index contributed by atoms with van der Waals surface area (Å²) < 4.78 is 0. The second-order valence-corrected chi connectivity index (χ2v) is 5.74. The minimum Gasteiger partial charge on any atom is -0.349 e. The van der Waals surface area contributed by atoms with Crippen molar-refractivity contribution in [3.63, 3.8) is 0 Å². The number of carbonyl (C=O) groups excluding carboxylic acids is 1. The van der Waals surface area contributed by atoms with Gasteiger partial charge in [0.2, 0.25) is 5.91 Å². The number of hydrogen-bond acceptors (Lipinski definition) is 2. The van der Waals surface area contributed by atoms with Gasteiger partial charge < -0.3 is 11.1 Å². The van der Waals surface area contributed by atoms with Crippen LogP contribution in [0.3, 0.4) is 0 Å². The standard InChI is InChI=1S/C16H24N2O/c1-3-16(2,11-17)15(19)18-14-10-6-8-12-7-4-5-9-13(12)14/h4-5,7,9,14H,3,6,8,10-11,17H2,1-2H3,(H,18,19).